The van der Waals surface area contributed by atoms with E-state index in [1.807, 2.05) is 48.7 Å². The summed E-state index contributed by atoms with van der Waals surface area (Å²) in [7, 11) is -3.87. The van der Waals surface area contributed by atoms with E-state index >= 15 is 0 Å². The third-order valence-corrected chi connectivity index (χ3v) is 9.01. The number of aliphatic hydroxyl groups excluding tert-OH is 2. The molecule has 2 heterocycles. The van der Waals surface area contributed by atoms with Crippen molar-refractivity contribution in [3.63, 3.8) is 0 Å². The van der Waals surface area contributed by atoms with Gasteiger partial charge < -0.3 is 19.9 Å². The zero-order valence-corrected chi connectivity index (χ0v) is 22.9. The summed E-state index contributed by atoms with van der Waals surface area (Å²) < 4.78 is 45.5. The Balaban J connectivity index is 0.00000441. The Kier molecular flexibility index (Phi) is 11.2. The van der Waals surface area contributed by atoms with Gasteiger partial charge in [0, 0.05) is 30.9 Å². The number of carboxylic acid groups (broad SMARTS) is 1. The molecule has 0 aliphatic carbocycles. The Morgan fingerprint density at radius 3 is 2.12 bits per heavy atom. The SMILES string of the molecule is CC(C)c1c(S(=O)(=O)N2CCC2)c(-c2ccccc2)c(-c2ccc(F)cc2)n1CC[C@@H](O)C[C@@H](O)CC(=O)O.[NaH]. The van der Waals surface area contributed by atoms with Gasteiger partial charge in [0.25, 0.3) is 0 Å². The first-order valence-corrected chi connectivity index (χ1v) is 14.6. The number of hydrogen-bond acceptors (Lipinski definition) is 5. The molecule has 4 rings (SSSR count). The molecule has 1 aliphatic rings. The van der Waals surface area contributed by atoms with Gasteiger partial charge in [-0.2, -0.15) is 4.31 Å². The average molecular weight is 583 g/mol. The predicted octanol–water partition coefficient (Wildman–Crippen LogP) is 3.81. The monoisotopic (exact) mass is 582 g/mol. The van der Waals surface area contributed by atoms with Crippen LogP contribution in [0.3, 0.4) is 0 Å². The van der Waals surface area contributed by atoms with E-state index in [-0.39, 0.29) is 59.8 Å². The van der Waals surface area contributed by atoms with Crippen LogP contribution in [-0.4, -0.2) is 93.4 Å². The molecule has 1 aliphatic heterocycles. The molecule has 2 atom stereocenters. The normalized spacial score (nSPS) is 15.3. The fourth-order valence-electron chi connectivity index (χ4n) is 5.11. The van der Waals surface area contributed by atoms with Gasteiger partial charge in [-0.1, -0.05) is 44.2 Å². The van der Waals surface area contributed by atoms with E-state index in [2.05, 4.69) is 0 Å². The molecule has 212 valence electrons. The molecule has 2 aromatic carbocycles. The molecule has 1 saturated heterocycles. The summed E-state index contributed by atoms with van der Waals surface area (Å²) in [4.78, 5) is 11.1. The molecule has 0 saturated carbocycles. The van der Waals surface area contributed by atoms with Gasteiger partial charge in [-0.05, 0) is 60.6 Å². The van der Waals surface area contributed by atoms with Crippen molar-refractivity contribution in [3.8, 4) is 22.4 Å². The molecule has 11 heteroatoms. The zero-order valence-electron chi connectivity index (χ0n) is 22.1. The van der Waals surface area contributed by atoms with Gasteiger partial charge in [0.2, 0.25) is 10.0 Å². The number of nitrogens with zero attached hydrogens (tertiary/aromatic N) is 2. The van der Waals surface area contributed by atoms with Crippen LogP contribution in [0.2, 0.25) is 0 Å². The van der Waals surface area contributed by atoms with Gasteiger partial charge in [0.1, 0.15) is 10.7 Å². The molecule has 0 amide bonds. The van der Waals surface area contributed by atoms with Crippen molar-refractivity contribution < 1.29 is 32.9 Å². The summed E-state index contributed by atoms with van der Waals surface area (Å²) in [5.41, 5.74) is 3.04. The predicted molar refractivity (Wildman–Crippen MR) is 153 cm³/mol. The molecule has 0 unspecified atom stereocenters. The number of aliphatic hydroxyl groups is 2. The third kappa shape index (κ3) is 7.05. The van der Waals surface area contributed by atoms with E-state index in [1.54, 1.807) is 12.1 Å². The van der Waals surface area contributed by atoms with Gasteiger partial charge in [-0.15, -0.1) is 0 Å². The first-order valence-electron chi connectivity index (χ1n) is 13.2. The number of rotatable bonds is 12. The maximum absolute atomic E-state index is 14.1. The molecule has 3 N–H and O–H groups in total. The van der Waals surface area contributed by atoms with Gasteiger partial charge in [-0.3, -0.25) is 4.79 Å². The van der Waals surface area contributed by atoms with Crippen LogP contribution >= 0.6 is 0 Å². The Labute approximate surface area is 256 Å². The number of benzene rings is 2. The molecular formula is C29H36FN2NaO6S. The van der Waals surface area contributed by atoms with Crippen LogP contribution in [0.4, 0.5) is 4.39 Å². The summed E-state index contributed by atoms with van der Waals surface area (Å²) in [5, 5.41) is 29.6. The summed E-state index contributed by atoms with van der Waals surface area (Å²) in [6.45, 7) is 4.90. The third-order valence-electron chi connectivity index (χ3n) is 7.04. The van der Waals surface area contributed by atoms with E-state index in [0.717, 1.165) is 6.42 Å². The Morgan fingerprint density at radius 2 is 1.60 bits per heavy atom. The van der Waals surface area contributed by atoms with Crippen LogP contribution in [0.1, 0.15) is 51.1 Å². The molecular weight excluding hydrogens is 546 g/mol. The summed E-state index contributed by atoms with van der Waals surface area (Å²) in [6.07, 6.45) is -1.89. The van der Waals surface area contributed by atoms with Crippen LogP contribution < -0.4 is 0 Å². The van der Waals surface area contributed by atoms with Crippen molar-refractivity contribution in [2.24, 2.45) is 0 Å². The molecule has 40 heavy (non-hydrogen) atoms. The molecule has 3 aromatic rings. The molecule has 8 nitrogen and oxygen atoms in total. The van der Waals surface area contributed by atoms with E-state index in [1.165, 1.54) is 16.4 Å². The average Bonchev–Trinajstić information content (AvgIpc) is 3.18. The second kappa shape index (κ2) is 13.7. The summed E-state index contributed by atoms with van der Waals surface area (Å²) in [5.74, 6) is -1.80. The van der Waals surface area contributed by atoms with Crippen LogP contribution in [0, 0.1) is 5.82 Å². The fourth-order valence-corrected chi connectivity index (χ4v) is 7.19. The van der Waals surface area contributed by atoms with Gasteiger partial charge in [0.05, 0.1) is 24.3 Å². The Hall–Kier alpha value is -2.05. The molecule has 0 bridgehead atoms. The van der Waals surface area contributed by atoms with Crippen molar-refractivity contribution in [1.82, 2.24) is 8.87 Å². The minimum absolute atomic E-state index is 0. The van der Waals surface area contributed by atoms with Crippen LogP contribution in [0.15, 0.2) is 59.5 Å². The van der Waals surface area contributed by atoms with Crippen molar-refractivity contribution in [2.45, 2.75) is 69.1 Å². The van der Waals surface area contributed by atoms with Crippen LogP contribution in [0.5, 0.6) is 0 Å². The number of aromatic nitrogens is 1. The number of carbonyl (C=O) groups is 1. The topological polar surface area (TPSA) is 120 Å². The Morgan fingerprint density at radius 1 is 0.975 bits per heavy atom. The summed E-state index contributed by atoms with van der Waals surface area (Å²) in [6, 6.07) is 15.1. The molecule has 0 radical (unpaired) electrons. The maximum atomic E-state index is 14.1. The van der Waals surface area contributed by atoms with E-state index in [9.17, 15) is 27.8 Å². The van der Waals surface area contributed by atoms with Crippen molar-refractivity contribution in [1.29, 1.82) is 0 Å². The van der Waals surface area contributed by atoms with E-state index < -0.39 is 40.4 Å². The summed E-state index contributed by atoms with van der Waals surface area (Å²) >= 11 is 0. The number of sulfonamides is 1. The molecule has 1 aromatic heterocycles. The molecule has 1 fully saturated rings. The van der Waals surface area contributed by atoms with Crippen LogP contribution in [-0.2, 0) is 21.4 Å². The quantitative estimate of drug-likeness (QED) is 0.280. The molecule has 0 spiro atoms. The van der Waals surface area contributed by atoms with Gasteiger partial charge >= 0.3 is 35.5 Å². The zero-order chi connectivity index (χ0) is 28.3. The second-order valence-corrected chi connectivity index (χ2v) is 12.2. The minimum atomic E-state index is -3.87. The number of aliphatic carboxylic acids is 1. The van der Waals surface area contributed by atoms with Crippen molar-refractivity contribution >= 4 is 45.5 Å². The van der Waals surface area contributed by atoms with Crippen molar-refractivity contribution in [2.75, 3.05) is 13.1 Å². The fraction of sp³-hybridized carbons (Fsp3) is 0.414. The number of halogens is 1. The second-order valence-electron chi connectivity index (χ2n) is 10.3. The van der Waals surface area contributed by atoms with Gasteiger partial charge in [0.15, 0.2) is 0 Å². The number of hydrogen-bond donors (Lipinski definition) is 3. The standard InChI is InChI=1S/C29H35FN2O6S.Na.H/c1-19(2)27-29(39(37,38)31-14-6-15-31)26(20-7-4-3-5-8-20)28(21-9-11-22(30)12-10-21)32(27)16-13-23(33)17-24(34)18-25(35)36;;/h3-5,7-12,19,23-24,33-34H,6,13-18H2,1-2H3,(H,35,36);;/t23-,24-;;/m1../s1. The Bertz CT molecular complexity index is 1410. The van der Waals surface area contributed by atoms with Gasteiger partial charge in [-0.25, -0.2) is 12.8 Å². The van der Waals surface area contributed by atoms with E-state index in [0.29, 0.717) is 41.2 Å². The van der Waals surface area contributed by atoms with Crippen molar-refractivity contribution in [3.05, 3.63) is 66.1 Å². The van der Waals surface area contributed by atoms with Crippen LogP contribution in [0.25, 0.3) is 22.4 Å². The first-order chi connectivity index (χ1) is 18.5. The first kappa shape index (κ1) is 32.5. The number of carboxylic acids is 1. The van der Waals surface area contributed by atoms with E-state index in [4.69, 9.17) is 5.11 Å².